The van der Waals surface area contributed by atoms with Crippen LogP contribution in [0.2, 0.25) is 0 Å². The van der Waals surface area contributed by atoms with Crippen molar-refractivity contribution in [3.63, 3.8) is 0 Å². The Labute approximate surface area is 116 Å². The first-order chi connectivity index (χ1) is 8.99. The zero-order chi connectivity index (χ0) is 14.0. The number of fused-ring (bicyclic) bond motifs is 1. The van der Waals surface area contributed by atoms with Gasteiger partial charge in [-0.3, -0.25) is 9.59 Å². The summed E-state index contributed by atoms with van der Waals surface area (Å²) in [6.07, 6.45) is 3.30. The fourth-order valence-corrected chi connectivity index (χ4v) is 3.51. The molecule has 0 aliphatic heterocycles. The molecular formula is C14H19NO3S. The van der Waals surface area contributed by atoms with Crippen molar-refractivity contribution in [1.29, 1.82) is 0 Å². The lowest BCUT2D eigenvalue weighted by Crippen LogP contribution is -2.35. The van der Waals surface area contributed by atoms with E-state index in [1.54, 1.807) is 0 Å². The fourth-order valence-electron chi connectivity index (χ4n) is 2.34. The van der Waals surface area contributed by atoms with Crippen LogP contribution in [-0.4, -0.2) is 23.5 Å². The first kappa shape index (κ1) is 14.1. The molecule has 2 rings (SSSR count). The number of amides is 1. The van der Waals surface area contributed by atoms with Crippen LogP contribution >= 0.6 is 11.3 Å². The van der Waals surface area contributed by atoms with Crippen molar-refractivity contribution < 1.29 is 14.7 Å². The van der Waals surface area contributed by atoms with Gasteiger partial charge in [0, 0.05) is 11.4 Å². The van der Waals surface area contributed by atoms with Crippen LogP contribution in [0.3, 0.4) is 0 Å². The highest BCUT2D eigenvalue weighted by atomic mass is 32.1. The molecule has 2 N–H and O–H groups in total. The van der Waals surface area contributed by atoms with Crippen LogP contribution < -0.4 is 5.32 Å². The maximum Gasteiger partial charge on any atom is 0.308 e. The molecule has 5 heteroatoms. The largest absolute Gasteiger partial charge is 0.481 e. The number of carboxylic acids is 1. The molecule has 1 aromatic heterocycles. The number of nitrogens with one attached hydrogen (secondary N) is 1. The minimum atomic E-state index is -0.857. The minimum Gasteiger partial charge on any atom is -0.481 e. The second kappa shape index (κ2) is 5.74. The molecule has 1 unspecified atom stereocenters. The minimum absolute atomic E-state index is 0.00569. The summed E-state index contributed by atoms with van der Waals surface area (Å²) in [5.74, 6) is -1.53. The van der Waals surface area contributed by atoms with Crippen molar-refractivity contribution in [2.45, 2.75) is 33.1 Å². The Hall–Kier alpha value is -1.36. The normalized spacial score (nSPS) is 15.3. The van der Waals surface area contributed by atoms with E-state index in [9.17, 15) is 9.59 Å². The molecule has 4 nitrogen and oxygen atoms in total. The smallest absolute Gasteiger partial charge is 0.308 e. The van der Waals surface area contributed by atoms with E-state index in [0.717, 1.165) is 12.8 Å². The fraction of sp³-hybridized carbons (Fsp3) is 0.571. The lowest BCUT2D eigenvalue weighted by atomic mass is 9.96. The van der Waals surface area contributed by atoms with E-state index in [4.69, 9.17) is 5.11 Å². The monoisotopic (exact) mass is 281 g/mol. The van der Waals surface area contributed by atoms with E-state index >= 15 is 0 Å². The number of carbonyl (C=O) groups excluding carboxylic acids is 1. The van der Waals surface area contributed by atoms with E-state index < -0.39 is 11.9 Å². The lowest BCUT2D eigenvalue weighted by Gasteiger charge is -2.16. The molecule has 0 saturated carbocycles. The highest BCUT2D eigenvalue weighted by Crippen LogP contribution is 2.30. The first-order valence-electron chi connectivity index (χ1n) is 6.61. The van der Waals surface area contributed by atoms with Crippen molar-refractivity contribution in [2.75, 3.05) is 6.54 Å². The Morgan fingerprint density at radius 3 is 2.74 bits per heavy atom. The molecule has 0 fully saturated rings. The molecule has 0 bridgehead atoms. The molecule has 1 aliphatic rings. The van der Waals surface area contributed by atoms with Crippen molar-refractivity contribution in [3.05, 3.63) is 21.4 Å². The molecule has 0 radical (unpaired) electrons. The van der Waals surface area contributed by atoms with Crippen molar-refractivity contribution in [3.8, 4) is 0 Å². The van der Waals surface area contributed by atoms with Gasteiger partial charge in [-0.25, -0.2) is 0 Å². The first-order valence-corrected chi connectivity index (χ1v) is 7.43. The van der Waals surface area contributed by atoms with E-state index in [-0.39, 0.29) is 18.4 Å². The summed E-state index contributed by atoms with van der Waals surface area (Å²) in [6, 6.07) is 1.95. The predicted octanol–water partition coefficient (Wildman–Crippen LogP) is 2.32. The van der Waals surface area contributed by atoms with E-state index in [1.807, 2.05) is 19.9 Å². The molecule has 1 amide bonds. The highest BCUT2D eigenvalue weighted by Gasteiger charge is 2.23. The van der Waals surface area contributed by atoms with Gasteiger partial charge in [-0.05, 0) is 36.8 Å². The topological polar surface area (TPSA) is 66.4 Å². The summed E-state index contributed by atoms with van der Waals surface area (Å²) in [5, 5.41) is 11.8. The number of thiophene rings is 1. The second-order valence-corrected chi connectivity index (χ2v) is 6.45. The summed E-state index contributed by atoms with van der Waals surface area (Å²) in [4.78, 5) is 25.1. The number of aliphatic carboxylic acids is 1. The number of carbonyl (C=O) groups is 2. The van der Waals surface area contributed by atoms with Gasteiger partial charge in [0.1, 0.15) is 0 Å². The van der Waals surface area contributed by atoms with Crippen LogP contribution in [0.1, 0.15) is 40.4 Å². The summed E-state index contributed by atoms with van der Waals surface area (Å²) in [7, 11) is 0. The van der Waals surface area contributed by atoms with Crippen LogP contribution in [-0.2, 0) is 17.6 Å². The number of carboxylic acid groups (broad SMARTS) is 1. The molecular weight excluding hydrogens is 262 g/mol. The van der Waals surface area contributed by atoms with Gasteiger partial charge in [0.15, 0.2) is 0 Å². The molecule has 0 spiro atoms. The van der Waals surface area contributed by atoms with Gasteiger partial charge in [0.25, 0.3) is 5.91 Å². The van der Waals surface area contributed by atoms with Crippen molar-refractivity contribution >= 4 is 23.2 Å². The van der Waals surface area contributed by atoms with Crippen LogP contribution in [0.25, 0.3) is 0 Å². The number of hydrogen-bond donors (Lipinski definition) is 2. The van der Waals surface area contributed by atoms with Crippen LogP contribution in [0.15, 0.2) is 6.07 Å². The van der Waals surface area contributed by atoms with Gasteiger partial charge in [-0.15, -0.1) is 11.3 Å². The van der Waals surface area contributed by atoms with Gasteiger partial charge in [-0.1, -0.05) is 13.8 Å². The molecule has 1 heterocycles. The standard InChI is InChI=1S/C14H19NO3S/c1-8(2)10(14(17)18)7-15-13(16)12-6-9-4-3-5-11(9)19-12/h6,8,10H,3-5,7H2,1-2H3,(H,15,16)(H,17,18). The SMILES string of the molecule is CC(C)C(CNC(=O)c1cc2c(s1)CCC2)C(=O)O. The number of aryl methyl sites for hydroxylation is 2. The third-order valence-corrected chi connectivity index (χ3v) is 4.81. The Morgan fingerprint density at radius 2 is 2.16 bits per heavy atom. The molecule has 1 atom stereocenters. The van der Waals surface area contributed by atoms with E-state index in [2.05, 4.69) is 5.32 Å². The molecule has 1 aliphatic carbocycles. The zero-order valence-corrected chi connectivity index (χ0v) is 12.0. The summed E-state index contributed by atoms with van der Waals surface area (Å²) in [5.41, 5.74) is 1.29. The van der Waals surface area contributed by atoms with E-state index in [0.29, 0.717) is 4.88 Å². The maximum absolute atomic E-state index is 12.0. The summed E-state index contributed by atoms with van der Waals surface area (Å²) in [6.45, 7) is 3.89. The third kappa shape index (κ3) is 3.15. The van der Waals surface area contributed by atoms with Gasteiger partial charge < -0.3 is 10.4 Å². The lowest BCUT2D eigenvalue weighted by molar-refractivity contribution is -0.142. The van der Waals surface area contributed by atoms with Gasteiger partial charge in [0.2, 0.25) is 0 Å². The van der Waals surface area contributed by atoms with E-state index in [1.165, 1.54) is 28.2 Å². The maximum atomic E-state index is 12.0. The predicted molar refractivity (Wildman–Crippen MR) is 74.6 cm³/mol. The molecule has 0 saturated heterocycles. The van der Waals surface area contributed by atoms with Gasteiger partial charge >= 0.3 is 5.97 Å². The van der Waals surface area contributed by atoms with Crippen molar-refractivity contribution in [1.82, 2.24) is 5.32 Å². The Kier molecular flexibility index (Phi) is 4.24. The van der Waals surface area contributed by atoms with Crippen LogP contribution in [0.5, 0.6) is 0 Å². The van der Waals surface area contributed by atoms with Crippen LogP contribution in [0.4, 0.5) is 0 Å². The number of hydrogen-bond acceptors (Lipinski definition) is 3. The Bertz CT molecular complexity index is 471. The van der Waals surface area contributed by atoms with Crippen molar-refractivity contribution in [2.24, 2.45) is 11.8 Å². The summed E-state index contributed by atoms with van der Waals surface area (Å²) >= 11 is 1.54. The second-order valence-electron chi connectivity index (χ2n) is 5.31. The number of rotatable bonds is 5. The Balaban J connectivity index is 1.95. The average Bonchev–Trinajstić information content (AvgIpc) is 2.87. The van der Waals surface area contributed by atoms with Crippen LogP contribution in [0, 0.1) is 11.8 Å². The quantitative estimate of drug-likeness (QED) is 0.870. The average molecular weight is 281 g/mol. The highest BCUT2D eigenvalue weighted by molar-refractivity contribution is 7.14. The molecule has 104 valence electrons. The zero-order valence-electron chi connectivity index (χ0n) is 11.2. The molecule has 19 heavy (non-hydrogen) atoms. The van der Waals surface area contributed by atoms with Gasteiger partial charge in [-0.2, -0.15) is 0 Å². The van der Waals surface area contributed by atoms with Gasteiger partial charge in [0.05, 0.1) is 10.8 Å². The Morgan fingerprint density at radius 1 is 1.42 bits per heavy atom. The molecule has 0 aromatic carbocycles. The summed E-state index contributed by atoms with van der Waals surface area (Å²) < 4.78 is 0. The third-order valence-electron chi connectivity index (χ3n) is 3.57. The molecule has 1 aromatic rings.